The van der Waals surface area contributed by atoms with Gasteiger partial charge in [0, 0.05) is 29.3 Å². The molecule has 5 heteroatoms. The fraction of sp³-hybridized carbons (Fsp3) is 0.320. The van der Waals surface area contributed by atoms with Gasteiger partial charge in [-0.25, -0.2) is 0 Å². The van der Waals surface area contributed by atoms with Crippen LogP contribution in [0.1, 0.15) is 43.2 Å². The molecule has 2 aromatic rings. The first-order valence-corrected chi connectivity index (χ1v) is 10.2. The van der Waals surface area contributed by atoms with E-state index >= 15 is 0 Å². The van der Waals surface area contributed by atoms with Crippen LogP contribution in [0.15, 0.2) is 64.8 Å². The molecule has 2 aromatic carbocycles. The van der Waals surface area contributed by atoms with Crippen LogP contribution in [0.3, 0.4) is 0 Å². The molecule has 0 fully saturated rings. The normalized spacial score (nSPS) is 20.8. The second-order valence-corrected chi connectivity index (χ2v) is 7.66. The zero-order chi connectivity index (χ0) is 21.1. The summed E-state index contributed by atoms with van der Waals surface area (Å²) in [5, 5.41) is 9.84. The second-order valence-electron chi connectivity index (χ2n) is 7.66. The van der Waals surface area contributed by atoms with E-state index in [0.29, 0.717) is 30.1 Å². The third-order valence-corrected chi connectivity index (χ3v) is 5.76. The number of nitrogens with zero attached hydrogens (tertiary/aromatic N) is 2. The van der Waals surface area contributed by atoms with E-state index in [1.54, 1.807) is 7.11 Å². The van der Waals surface area contributed by atoms with E-state index in [-0.39, 0.29) is 11.7 Å². The molecule has 1 aliphatic carbocycles. The number of carbonyl (C=O) groups is 1. The fourth-order valence-electron chi connectivity index (χ4n) is 4.27. The number of nitriles is 1. The van der Waals surface area contributed by atoms with E-state index in [4.69, 9.17) is 9.47 Å². The predicted molar refractivity (Wildman–Crippen MR) is 115 cm³/mol. The minimum Gasteiger partial charge on any atom is -0.493 e. The molecule has 2 aliphatic rings. The number of rotatable bonds is 5. The maximum Gasteiger partial charge on any atom is 0.161 e. The number of ketones is 1. The molecule has 152 valence electrons. The van der Waals surface area contributed by atoms with Gasteiger partial charge in [0.05, 0.1) is 19.1 Å². The molecule has 0 amide bonds. The van der Waals surface area contributed by atoms with Crippen LogP contribution < -0.4 is 9.47 Å². The predicted octanol–water partition coefficient (Wildman–Crippen LogP) is 4.98. The van der Waals surface area contributed by atoms with Gasteiger partial charge in [-0.2, -0.15) is 5.26 Å². The molecular weight excluding hydrogens is 376 g/mol. The summed E-state index contributed by atoms with van der Waals surface area (Å²) in [4.78, 5) is 17.4. The van der Waals surface area contributed by atoms with Crippen molar-refractivity contribution >= 4 is 11.5 Å². The fourth-order valence-corrected chi connectivity index (χ4v) is 4.27. The molecule has 1 aliphatic heterocycles. The van der Waals surface area contributed by atoms with Crippen molar-refractivity contribution < 1.29 is 14.3 Å². The molecule has 0 saturated heterocycles. The van der Waals surface area contributed by atoms with E-state index in [1.165, 1.54) is 0 Å². The lowest BCUT2D eigenvalue weighted by molar-refractivity contribution is -0.116. The van der Waals surface area contributed by atoms with Crippen molar-refractivity contribution in [2.45, 2.75) is 38.7 Å². The van der Waals surface area contributed by atoms with Crippen molar-refractivity contribution in [1.29, 1.82) is 5.26 Å². The Hall–Kier alpha value is -3.39. The summed E-state index contributed by atoms with van der Waals surface area (Å²) in [6, 6.07) is 18.0. The Labute approximate surface area is 176 Å². The zero-order valence-electron chi connectivity index (χ0n) is 17.2. The Bertz CT molecular complexity index is 1060. The lowest BCUT2D eigenvalue weighted by Crippen LogP contribution is -2.30. The highest BCUT2D eigenvalue weighted by Gasteiger charge is 2.39. The van der Waals surface area contributed by atoms with Crippen LogP contribution in [0, 0.1) is 17.2 Å². The summed E-state index contributed by atoms with van der Waals surface area (Å²) in [6.07, 6.45) is 2.11. The highest BCUT2D eigenvalue weighted by Crippen LogP contribution is 2.44. The number of benzene rings is 2. The van der Waals surface area contributed by atoms with E-state index in [2.05, 4.69) is 11.1 Å². The molecule has 0 saturated carbocycles. The topological polar surface area (TPSA) is 71.7 Å². The lowest BCUT2D eigenvalue weighted by Gasteiger charge is -2.32. The Morgan fingerprint density at radius 3 is 2.67 bits per heavy atom. The second kappa shape index (κ2) is 8.54. The van der Waals surface area contributed by atoms with Gasteiger partial charge in [-0.3, -0.25) is 9.79 Å². The first kappa shape index (κ1) is 19.9. The molecule has 1 heterocycles. The van der Waals surface area contributed by atoms with Gasteiger partial charge in [-0.15, -0.1) is 0 Å². The van der Waals surface area contributed by atoms with Crippen LogP contribution in [0.25, 0.3) is 0 Å². The zero-order valence-corrected chi connectivity index (χ0v) is 17.2. The van der Waals surface area contributed by atoms with E-state index in [1.807, 2.05) is 55.5 Å². The van der Waals surface area contributed by atoms with Crippen molar-refractivity contribution in [2.24, 2.45) is 10.9 Å². The van der Waals surface area contributed by atoms with Gasteiger partial charge in [0.25, 0.3) is 0 Å². The third-order valence-electron chi connectivity index (χ3n) is 5.76. The smallest absolute Gasteiger partial charge is 0.161 e. The maximum absolute atomic E-state index is 12.8. The first-order valence-electron chi connectivity index (χ1n) is 10.2. The summed E-state index contributed by atoms with van der Waals surface area (Å²) in [7, 11) is 1.60. The van der Waals surface area contributed by atoms with Crippen molar-refractivity contribution in [3.63, 3.8) is 0 Å². The SMILES string of the molecule is COc1cc([C@H]2C3=C(CCCC3=O)N=C(C)C2C#N)ccc1OCc1ccccc1. The summed E-state index contributed by atoms with van der Waals surface area (Å²) in [5.41, 5.74) is 4.23. The molecule has 0 spiro atoms. The maximum atomic E-state index is 12.8. The number of carbonyl (C=O) groups excluding carboxylic acids is 1. The molecule has 0 aromatic heterocycles. The van der Waals surface area contributed by atoms with Crippen LogP contribution in [0.4, 0.5) is 0 Å². The number of Topliss-reactive ketones (excluding diaryl/α,β-unsaturated/α-hetero) is 1. The highest BCUT2D eigenvalue weighted by molar-refractivity contribution is 6.03. The lowest BCUT2D eigenvalue weighted by atomic mass is 9.72. The minimum absolute atomic E-state index is 0.0983. The molecule has 4 rings (SSSR count). The molecule has 0 radical (unpaired) electrons. The molecule has 5 nitrogen and oxygen atoms in total. The van der Waals surface area contributed by atoms with Crippen LogP contribution in [0.5, 0.6) is 11.5 Å². The molecule has 2 atom stereocenters. The Morgan fingerprint density at radius 2 is 1.93 bits per heavy atom. The molecule has 1 unspecified atom stereocenters. The van der Waals surface area contributed by atoms with Crippen LogP contribution in [0.2, 0.25) is 0 Å². The number of methoxy groups -OCH3 is 1. The van der Waals surface area contributed by atoms with Crippen LogP contribution >= 0.6 is 0 Å². The van der Waals surface area contributed by atoms with E-state index in [9.17, 15) is 10.1 Å². The van der Waals surface area contributed by atoms with Crippen molar-refractivity contribution in [1.82, 2.24) is 0 Å². The standard InChI is InChI=1S/C25H24N2O3/c1-16-19(14-26)24(25-20(27-16)9-6-10-21(25)28)18-11-12-22(23(13-18)29-2)30-15-17-7-4-3-5-8-17/h3-5,7-8,11-13,19,24H,6,9-10,15H2,1-2H3/t19?,24-/m1/s1. The summed E-state index contributed by atoms with van der Waals surface area (Å²) >= 11 is 0. The summed E-state index contributed by atoms with van der Waals surface area (Å²) < 4.78 is 11.6. The van der Waals surface area contributed by atoms with Gasteiger partial charge in [-0.05, 0) is 43.0 Å². The summed E-state index contributed by atoms with van der Waals surface area (Å²) in [6.45, 7) is 2.30. The molecular formula is C25H24N2O3. The number of ether oxygens (including phenoxy) is 2. The van der Waals surface area contributed by atoms with Crippen LogP contribution in [-0.4, -0.2) is 18.6 Å². The van der Waals surface area contributed by atoms with Crippen molar-refractivity contribution in [3.8, 4) is 17.6 Å². The summed E-state index contributed by atoms with van der Waals surface area (Å²) in [5.74, 6) is 0.523. The number of allylic oxidation sites excluding steroid dienone is 2. The Kier molecular flexibility index (Phi) is 5.67. The molecule has 30 heavy (non-hydrogen) atoms. The van der Waals surface area contributed by atoms with Gasteiger partial charge in [0.1, 0.15) is 6.61 Å². The molecule has 0 N–H and O–H groups in total. The van der Waals surface area contributed by atoms with Crippen molar-refractivity contribution in [2.75, 3.05) is 7.11 Å². The first-order chi connectivity index (χ1) is 14.6. The van der Waals surface area contributed by atoms with E-state index in [0.717, 1.165) is 35.4 Å². The Balaban J connectivity index is 1.68. The van der Waals surface area contributed by atoms with Gasteiger partial charge >= 0.3 is 0 Å². The average molecular weight is 400 g/mol. The van der Waals surface area contributed by atoms with Gasteiger partial charge in [0.2, 0.25) is 0 Å². The van der Waals surface area contributed by atoms with Gasteiger partial charge in [0.15, 0.2) is 17.3 Å². The van der Waals surface area contributed by atoms with Crippen LogP contribution in [-0.2, 0) is 11.4 Å². The third kappa shape index (κ3) is 3.73. The average Bonchev–Trinajstić information content (AvgIpc) is 2.77. The van der Waals surface area contributed by atoms with Gasteiger partial charge in [-0.1, -0.05) is 36.4 Å². The quantitative estimate of drug-likeness (QED) is 0.710. The minimum atomic E-state index is -0.466. The number of aliphatic imine (C=N–C) groups is 1. The highest BCUT2D eigenvalue weighted by atomic mass is 16.5. The van der Waals surface area contributed by atoms with Gasteiger partial charge < -0.3 is 9.47 Å². The number of hydrogen-bond acceptors (Lipinski definition) is 5. The van der Waals surface area contributed by atoms with Crippen molar-refractivity contribution in [3.05, 3.63) is 70.9 Å². The molecule has 0 bridgehead atoms. The Morgan fingerprint density at radius 1 is 1.13 bits per heavy atom. The largest absolute Gasteiger partial charge is 0.493 e. The monoisotopic (exact) mass is 400 g/mol. The number of hydrogen-bond donors (Lipinski definition) is 0. The van der Waals surface area contributed by atoms with E-state index < -0.39 is 5.92 Å².